The van der Waals surface area contributed by atoms with Crippen LogP contribution >= 0.6 is 0 Å². The summed E-state index contributed by atoms with van der Waals surface area (Å²) in [6.07, 6.45) is 1.33. The molecule has 6 nitrogen and oxygen atoms in total. The number of aromatic nitrogens is 2. The molecule has 1 unspecified atom stereocenters. The van der Waals surface area contributed by atoms with Crippen LogP contribution in [0.2, 0.25) is 0 Å². The quantitative estimate of drug-likeness (QED) is 0.841. The Balaban J connectivity index is 1.68. The first-order valence-electron chi connectivity index (χ1n) is 7.96. The van der Waals surface area contributed by atoms with Gasteiger partial charge in [-0.1, -0.05) is 12.1 Å². The fourth-order valence-electron chi connectivity index (χ4n) is 2.80. The third-order valence-electron chi connectivity index (χ3n) is 4.39. The highest BCUT2D eigenvalue weighted by Gasteiger charge is 2.47. The Labute approximate surface area is 145 Å². The van der Waals surface area contributed by atoms with E-state index in [4.69, 9.17) is 4.42 Å². The SMILES string of the molecule is C=CC(C)(O)CC(=O)N1CC(C)(c2nnc(-c3cccc(F)c3)o2)C1. The fraction of sp³-hybridized carbons (Fsp3) is 0.389. The average Bonchev–Trinajstić information content (AvgIpc) is 3.02. The molecule has 1 aliphatic rings. The van der Waals surface area contributed by atoms with Crippen LogP contribution in [0.3, 0.4) is 0 Å². The van der Waals surface area contributed by atoms with Gasteiger partial charge in [-0.05, 0) is 32.0 Å². The number of halogens is 1. The number of likely N-dealkylation sites (tertiary alicyclic amines) is 1. The molecule has 0 aliphatic carbocycles. The van der Waals surface area contributed by atoms with Crippen LogP contribution in [0, 0.1) is 5.82 Å². The second kappa shape index (κ2) is 6.07. The lowest BCUT2D eigenvalue weighted by atomic mass is 9.81. The molecule has 0 spiro atoms. The van der Waals surface area contributed by atoms with Gasteiger partial charge >= 0.3 is 0 Å². The topological polar surface area (TPSA) is 79.5 Å². The number of hydrogen-bond acceptors (Lipinski definition) is 5. The monoisotopic (exact) mass is 345 g/mol. The minimum atomic E-state index is -1.22. The lowest BCUT2D eigenvalue weighted by Gasteiger charge is -2.46. The van der Waals surface area contributed by atoms with Crippen molar-refractivity contribution < 1.29 is 18.7 Å². The first-order valence-corrected chi connectivity index (χ1v) is 7.96. The first-order chi connectivity index (χ1) is 11.7. The van der Waals surface area contributed by atoms with Crippen LogP contribution in [0.1, 0.15) is 26.2 Å². The zero-order valence-corrected chi connectivity index (χ0v) is 14.2. The maximum absolute atomic E-state index is 13.3. The van der Waals surface area contributed by atoms with Gasteiger partial charge in [0.2, 0.25) is 17.7 Å². The van der Waals surface area contributed by atoms with Crippen LogP contribution < -0.4 is 0 Å². The number of benzene rings is 1. The average molecular weight is 345 g/mol. The number of aliphatic hydroxyl groups is 1. The molecule has 1 aromatic carbocycles. The van der Waals surface area contributed by atoms with E-state index in [0.29, 0.717) is 24.5 Å². The van der Waals surface area contributed by atoms with E-state index < -0.39 is 11.0 Å². The van der Waals surface area contributed by atoms with Crippen molar-refractivity contribution in [3.8, 4) is 11.5 Å². The van der Waals surface area contributed by atoms with E-state index in [2.05, 4.69) is 16.8 Å². The molecular weight excluding hydrogens is 325 g/mol. The molecule has 1 N–H and O–H groups in total. The number of rotatable bonds is 5. The van der Waals surface area contributed by atoms with E-state index in [1.165, 1.54) is 18.2 Å². The summed E-state index contributed by atoms with van der Waals surface area (Å²) in [7, 11) is 0. The zero-order valence-electron chi connectivity index (χ0n) is 14.2. The van der Waals surface area contributed by atoms with Gasteiger partial charge in [-0.2, -0.15) is 0 Å². The molecule has 2 aromatic rings. The smallest absolute Gasteiger partial charge is 0.247 e. The highest BCUT2D eigenvalue weighted by atomic mass is 19.1. The highest BCUT2D eigenvalue weighted by Crippen LogP contribution is 2.35. The maximum Gasteiger partial charge on any atom is 0.247 e. The summed E-state index contributed by atoms with van der Waals surface area (Å²) < 4.78 is 19.0. The molecule has 2 heterocycles. The van der Waals surface area contributed by atoms with Crippen LogP contribution in [-0.2, 0) is 10.2 Å². The largest absolute Gasteiger partial charge is 0.420 e. The molecule has 1 saturated heterocycles. The summed E-state index contributed by atoms with van der Waals surface area (Å²) in [5, 5.41) is 18.0. The summed E-state index contributed by atoms with van der Waals surface area (Å²) in [6, 6.07) is 5.94. The predicted molar refractivity (Wildman–Crippen MR) is 89.1 cm³/mol. The van der Waals surface area contributed by atoms with E-state index in [9.17, 15) is 14.3 Å². The number of carbonyl (C=O) groups excluding carboxylic acids is 1. The van der Waals surface area contributed by atoms with E-state index in [1.54, 1.807) is 24.0 Å². The Bertz CT molecular complexity index is 809. The van der Waals surface area contributed by atoms with Crippen molar-refractivity contribution in [2.75, 3.05) is 13.1 Å². The Hall–Kier alpha value is -2.54. The second-order valence-corrected chi connectivity index (χ2v) is 6.97. The zero-order chi connectivity index (χ0) is 18.2. The molecule has 0 radical (unpaired) electrons. The van der Waals surface area contributed by atoms with Crippen LogP contribution in [-0.4, -0.2) is 44.8 Å². The number of amides is 1. The summed E-state index contributed by atoms with van der Waals surface area (Å²) in [5.74, 6) is 0.117. The van der Waals surface area contributed by atoms with Gasteiger partial charge in [0.25, 0.3) is 0 Å². The molecule has 1 aromatic heterocycles. The number of carbonyl (C=O) groups is 1. The minimum Gasteiger partial charge on any atom is -0.420 e. The standard InChI is InChI=1S/C18H20FN3O3/c1-4-18(3,24)9-14(23)22-10-17(2,11-22)16-21-20-15(25-16)12-6-5-7-13(19)8-12/h4-8,24H,1,9-11H2,2-3H3. The lowest BCUT2D eigenvalue weighted by Crippen LogP contribution is -2.60. The van der Waals surface area contributed by atoms with E-state index in [0.717, 1.165) is 0 Å². The molecular formula is C18H20FN3O3. The Kier molecular flexibility index (Phi) is 4.20. The van der Waals surface area contributed by atoms with Crippen molar-refractivity contribution in [1.29, 1.82) is 0 Å². The van der Waals surface area contributed by atoms with Gasteiger partial charge in [-0.3, -0.25) is 4.79 Å². The highest BCUT2D eigenvalue weighted by molar-refractivity contribution is 5.79. The van der Waals surface area contributed by atoms with Crippen molar-refractivity contribution in [3.05, 3.63) is 48.6 Å². The van der Waals surface area contributed by atoms with Crippen LogP contribution in [0.5, 0.6) is 0 Å². The van der Waals surface area contributed by atoms with E-state index >= 15 is 0 Å². The summed E-state index contributed by atoms with van der Waals surface area (Å²) in [4.78, 5) is 13.8. The summed E-state index contributed by atoms with van der Waals surface area (Å²) in [6.45, 7) is 7.83. The predicted octanol–water partition coefficient (Wildman–Crippen LogP) is 2.30. The van der Waals surface area contributed by atoms with Gasteiger partial charge in [0.1, 0.15) is 5.82 Å². The maximum atomic E-state index is 13.3. The van der Waals surface area contributed by atoms with Gasteiger partial charge < -0.3 is 14.4 Å². The fourth-order valence-corrected chi connectivity index (χ4v) is 2.80. The van der Waals surface area contributed by atoms with Gasteiger partial charge in [-0.15, -0.1) is 16.8 Å². The van der Waals surface area contributed by atoms with Crippen molar-refractivity contribution in [2.45, 2.75) is 31.3 Å². The molecule has 0 bridgehead atoms. The molecule has 132 valence electrons. The molecule has 1 amide bonds. The van der Waals surface area contributed by atoms with Crippen LogP contribution in [0.25, 0.3) is 11.5 Å². The van der Waals surface area contributed by atoms with Gasteiger partial charge in [0.15, 0.2) is 0 Å². The number of nitrogens with zero attached hydrogens (tertiary/aromatic N) is 3. The molecule has 3 rings (SSSR count). The molecule has 1 fully saturated rings. The van der Waals surface area contributed by atoms with Gasteiger partial charge in [0.05, 0.1) is 17.4 Å². The van der Waals surface area contributed by atoms with Crippen molar-refractivity contribution in [2.24, 2.45) is 0 Å². The third-order valence-corrected chi connectivity index (χ3v) is 4.39. The Morgan fingerprint density at radius 3 is 2.88 bits per heavy atom. The van der Waals surface area contributed by atoms with E-state index in [1.807, 2.05) is 6.92 Å². The molecule has 1 atom stereocenters. The minimum absolute atomic E-state index is 0.0229. The van der Waals surface area contributed by atoms with E-state index in [-0.39, 0.29) is 24.0 Å². The third kappa shape index (κ3) is 3.46. The molecule has 7 heteroatoms. The van der Waals surface area contributed by atoms with Gasteiger partial charge in [-0.25, -0.2) is 4.39 Å². The Morgan fingerprint density at radius 2 is 2.24 bits per heavy atom. The van der Waals surface area contributed by atoms with Crippen molar-refractivity contribution in [1.82, 2.24) is 15.1 Å². The summed E-state index contributed by atoms with van der Waals surface area (Å²) >= 11 is 0. The molecule has 1 aliphatic heterocycles. The first kappa shape index (κ1) is 17.3. The molecule has 25 heavy (non-hydrogen) atoms. The normalized spacial score (nSPS) is 18.3. The summed E-state index contributed by atoms with van der Waals surface area (Å²) in [5.41, 5.74) is -1.16. The molecule has 0 saturated carbocycles. The van der Waals surface area contributed by atoms with Crippen LogP contribution in [0.4, 0.5) is 4.39 Å². The van der Waals surface area contributed by atoms with Crippen molar-refractivity contribution in [3.63, 3.8) is 0 Å². The van der Waals surface area contributed by atoms with Gasteiger partial charge in [0, 0.05) is 18.7 Å². The second-order valence-electron chi connectivity index (χ2n) is 6.97. The Morgan fingerprint density at radius 1 is 1.52 bits per heavy atom. The number of hydrogen-bond donors (Lipinski definition) is 1. The van der Waals surface area contributed by atoms with Crippen LogP contribution in [0.15, 0.2) is 41.3 Å². The van der Waals surface area contributed by atoms with Crippen molar-refractivity contribution >= 4 is 5.91 Å². The lowest BCUT2D eigenvalue weighted by molar-refractivity contribution is -0.142.